The van der Waals surface area contributed by atoms with Gasteiger partial charge in [-0.25, -0.2) is 0 Å². The molecule has 0 aliphatic carbocycles. The average Bonchev–Trinajstić information content (AvgIpc) is 2.67. The maximum atomic E-state index is 12.0. The molecule has 0 aliphatic rings. The van der Waals surface area contributed by atoms with Crippen LogP contribution in [0.4, 0.5) is 0 Å². The van der Waals surface area contributed by atoms with Crippen LogP contribution < -0.4 is 5.43 Å². The van der Waals surface area contributed by atoms with Gasteiger partial charge < -0.3 is 4.57 Å². The highest BCUT2D eigenvalue weighted by atomic mass is 32.1. The summed E-state index contributed by atoms with van der Waals surface area (Å²) in [5.41, 5.74) is 1.78. The van der Waals surface area contributed by atoms with E-state index in [0.717, 1.165) is 21.1 Å². The monoisotopic (exact) mass is 239 g/mol. The minimum Gasteiger partial charge on any atom is -0.325 e. The molecule has 0 saturated heterocycles. The zero-order chi connectivity index (χ0) is 11.8. The van der Waals surface area contributed by atoms with Crippen LogP contribution in [0.5, 0.6) is 0 Å². The van der Waals surface area contributed by atoms with E-state index in [0.29, 0.717) is 6.54 Å². The van der Waals surface area contributed by atoms with Gasteiger partial charge in [0, 0.05) is 5.39 Å². The van der Waals surface area contributed by atoms with E-state index in [1.54, 1.807) is 17.4 Å². The summed E-state index contributed by atoms with van der Waals surface area (Å²) in [6.45, 7) is 0.427. The minimum absolute atomic E-state index is 0.0326. The van der Waals surface area contributed by atoms with E-state index in [-0.39, 0.29) is 5.43 Å². The van der Waals surface area contributed by atoms with Crippen molar-refractivity contribution in [2.24, 2.45) is 0 Å². The summed E-state index contributed by atoms with van der Waals surface area (Å²) < 4.78 is 2.94. The molecule has 0 amide bonds. The summed E-state index contributed by atoms with van der Waals surface area (Å²) in [5.74, 6) is 2.61. The number of hydrogen-bond acceptors (Lipinski definition) is 2. The molecule has 0 atom stereocenters. The van der Waals surface area contributed by atoms with Gasteiger partial charge in [-0.05, 0) is 17.5 Å². The molecule has 0 fully saturated rings. The second-order valence-electron chi connectivity index (χ2n) is 3.77. The van der Waals surface area contributed by atoms with Crippen LogP contribution in [0.15, 0.2) is 40.5 Å². The summed E-state index contributed by atoms with van der Waals surface area (Å²) in [5, 5.41) is 2.93. The van der Waals surface area contributed by atoms with Crippen molar-refractivity contribution in [1.82, 2.24) is 4.57 Å². The van der Waals surface area contributed by atoms with Crippen molar-refractivity contribution in [1.29, 1.82) is 0 Å². The molecule has 2 heterocycles. The highest BCUT2D eigenvalue weighted by Gasteiger charge is 2.11. The van der Waals surface area contributed by atoms with E-state index in [1.807, 2.05) is 34.2 Å². The van der Waals surface area contributed by atoms with Gasteiger partial charge in [0.25, 0.3) is 0 Å². The molecule has 1 aromatic carbocycles. The Morgan fingerprint density at radius 1 is 1.29 bits per heavy atom. The van der Waals surface area contributed by atoms with Crippen molar-refractivity contribution in [3.05, 3.63) is 45.9 Å². The third kappa shape index (κ3) is 1.38. The average molecular weight is 239 g/mol. The third-order valence-corrected chi connectivity index (χ3v) is 3.73. The van der Waals surface area contributed by atoms with Crippen LogP contribution in [0.25, 0.3) is 21.1 Å². The van der Waals surface area contributed by atoms with Gasteiger partial charge in [-0.3, -0.25) is 4.79 Å². The summed E-state index contributed by atoms with van der Waals surface area (Å²) in [4.78, 5) is 12.0. The highest BCUT2D eigenvalue weighted by molar-refractivity contribution is 7.17. The first-order chi connectivity index (χ1) is 8.33. The zero-order valence-electron chi connectivity index (χ0n) is 9.01. The fourth-order valence-corrected chi connectivity index (χ4v) is 3.08. The maximum Gasteiger partial charge on any atom is 0.204 e. The van der Waals surface area contributed by atoms with Crippen molar-refractivity contribution in [2.75, 3.05) is 0 Å². The molecule has 3 rings (SSSR count). The highest BCUT2D eigenvalue weighted by Crippen LogP contribution is 2.29. The second-order valence-corrected chi connectivity index (χ2v) is 4.69. The molecule has 3 aromatic rings. The summed E-state index contributed by atoms with van der Waals surface area (Å²) >= 11 is 1.58. The quantitative estimate of drug-likeness (QED) is 0.598. The van der Waals surface area contributed by atoms with Crippen molar-refractivity contribution in [2.45, 2.75) is 6.54 Å². The molecule has 0 unspecified atom stereocenters. The molecular formula is C14H9NOS. The fraction of sp³-hybridized carbons (Fsp3) is 0.0714. The largest absolute Gasteiger partial charge is 0.325 e. The predicted octanol–water partition coefficient (Wildman–Crippen LogP) is 2.85. The van der Waals surface area contributed by atoms with Crippen LogP contribution in [0.2, 0.25) is 0 Å². The van der Waals surface area contributed by atoms with Crippen LogP contribution in [0.3, 0.4) is 0 Å². The molecule has 0 saturated carbocycles. The summed E-state index contributed by atoms with van der Waals surface area (Å²) in [7, 11) is 0. The Morgan fingerprint density at radius 2 is 2.12 bits per heavy atom. The van der Waals surface area contributed by atoms with Crippen LogP contribution in [-0.2, 0) is 6.54 Å². The Morgan fingerprint density at radius 3 is 2.94 bits per heavy atom. The number of terminal acetylenes is 1. The fourth-order valence-electron chi connectivity index (χ4n) is 2.13. The number of para-hydroxylation sites is 1. The molecule has 82 valence electrons. The lowest BCUT2D eigenvalue weighted by atomic mass is 10.2. The molecular weight excluding hydrogens is 230 g/mol. The Kier molecular flexibility index (Phi) is 2.24. The minimum atomic E-state index is 0.0326. The van der Waals surface area contributed by atoms with Crippen LogP contribution in [0.1, 0.15) is 0 Å². The topological polar surface area (TPSA) is 22.0 Å². The molecule has 2 nitrogen and oxygen atoms in total. The van der Waals surface area contributed by atoms with Gasteiger partial charge in [0.1, 0.15) is 5.52 Å². The lowest BCUT2D eigenvalue weighted by molar-refractivity contribution is 0.921. The van der Waals surface area contributed by atoms with Gasteiger partial charge in [-0.1, -0.05) is 24.1 Å². The molecule has 2 aromatic heterocycles. The molecule has 0 spiro atoms. The van der Waals surface area contributed by atoms with Gasteiger partial charge in [-0.15, -0.1) is 17.8 Å². The van der Waals surface area contributed by atoms with E-state index in [1.165, 1.54) is 0 Å². The SMILES string of the molecule is C#CCn1c2ccccc2c2sccc(=O)c21. The van der Waals surface area contributed by atoms with Gasteiger partial charge >= 0.3 is 0 Å². The lowest BCUT2D eigenvalue weighted by Crippen LogP contribution is -2.05. The first-order valence-corrected chi connectivity index (χ1v) is 6.13. The van der Waals surface area contributed by atoms with Crippen molar-refractivity contribution >= 4 is 32.5 Å². The van der Waals surface area contributed by atoms with E-state index < -0.39 is 0 Å². The van der Waals surface area contributed by atoms with E-state index >= 15 is 0 Å². The summed E-state index contributed by atoms with van der Waals surface area (Å²) in [6.07, 6.45) is 5.38. The van der Waals surface area contributed by atoms with E-state index in [2.05, 4.69) is 5.92 Å². The van der Waals surface area contributed by atoms with Gasteiger partial charge in [-0.2, -0.15) is 0 Å². The van der Waals surface area contributed by atoms with Crippen LogP contribution >= 0.6 is 11.3 Å². The number of fused-ring (bicyclic) bond motifs is 3. The predicted molar refractivity (Wildman–Crippen MR) is 72.4 cm³/mol. The zero-order valence-corrected chi connectivity index (χ0v) is 9.83. The standard InChI is InChI=1S/C14H9NOS/c1-2-8-15-11-6-4-3-5-10(11)14-13(15)12(16)7-9-17-14/h1,3-7,9H,8H2. The van der Waals surface area contributed by atoms with Crippen molar-refractivity contribution in [3.8, 4) is 12.3 Å². The van der Waals surface area contributed by atoms with E-state index in [9.17, 15) is 4.79 Å². The van der Waals surface area contributed by atoms with Gasteiger partial charge in [0.05, 0.1) is 16.8 Å². The smallest absolute Gasteiger partial charge is 0.204 e. The van der Waals surface area contributed by atoms with Gasteiger partial charge in [0.15, 0.2) is 0 Å². The molecule has 0 aliphatic heterocycles. The summed E-state index contributed by atoms with van der Waals surface area (Å²) in [6, 6.07) is 9.56. The molecule has 0 bridgehead atoms. The maximum absolute atomic E-state index is 12.0. The molecule has 0 radical (unpaired) electrons. The number of nitrogens with zero attached hydrogens (tertiary/aromatic N) is 1. The Hall–Kier alpha value is -2.05. The first-order valence-electron chi connectivity index (χ1n) is 5.25. The number of aromatic nitrogens is 1. The second kappa shape index (κ2) is 3.76. The molecule has 17 heavy (non-hydrogen) atoms. The Balaban J connectivity index is 2.64. The normalized spacial score (nSPS) is 10.8. The van der Waals surface area contributed by atoms with Crippen LogP contribution in [0, 0.1) is 12.3 Å². The molecule has 0 N–H and O–H groups in total. The Bertz CT molecular complexity index is 804. The molecule has 3 heteroatoms. The number of benzene rings is 1. The number of hydrogen-bond donors (Lipinski definition) is 0. The van der Waals surface area contributed by atoms with Crippen molar-refractivity contribution in [3.63, 3.8) is 0 Å². The lowest BCUT2D eigenvalue weighted by Gasteiger charge is -2.00. The van der Waals surface area contributed by atoms with E-state index in [4.69, 9.17) is 6.42 Å². The Labute approximate surface area is 102 Å². The first kappa shape index (κ1) is 10.1. The van der Waals surface area contributed by atoms with Gasteiger partial charge in [0.2, 0.25) is 5.43 Å². The van der Waals surface area contributed by atoms with Crippen LogP contribution in [-0.4, -0.2) is 4.57 Å². The number of rotatable bonds is 1. The third-order valence-electron chi connectivity index (χ3n) is 2.81. The van der Waals surface area contributed by atoms with Crippen molar-refractivity contribution < 1.29 is 0 Å².